The molecule has 0 bridgehead atoms. The van der Waals surface area contributed by atoms with Crippen molar-refractivity contribution in [2.45, 2.75) is 38.9 Å². The van der Waals surface area contributed by atoms with Gasteiger partial charge in [0.05, 0.1) is 18.1 Å². The maximum atomic E-state index is 12.6. The summed E-state index contributed by atoms with van der Waals surface area (Å²) in [4.78, 5) is 40.7. The maximum Gasteiger partial charge on any atom is 0.309 e. The standard InChI is InChI=1S/C21H27BrN2O5/c1-14-11-24(12-15(2)29-14)19(25)13-28-21(27)17-7-9-23(10-8-17)20(26)16-3-5-18(22)6-4-16/h3-6,14-15,17H,7-13H2,1-2H3/t14-,15+. The van der Waals surface area contributed by atoms with Crippen molar-refractivity contribution in [3.63, 3.8) is 0 Å². The van der Waals surface area contributed by atoms with Crippen LogP contribution in [0.2, 0.25) is 0 Å². The predicted octanol–water partition coefficient (Wildman–Crippen LogP) is 2.48. The zero-order valence-electron chi connectivity index (χ0n) is 16.8. The van der Waals surface area contributed by atoms with Crippen molar-refractivity contribution < 1.29 is 23.9 Å². The number of halogens is 1. The van der Waals surface area contributed by atoms with E-state index in [0.717, 1.165) is 4.47 Å². The Balaban J connectivity index is 1.43. The summed E-state index contributed by atoms with van der Waals surface area (Å²) in [7, 11) is 0. The zero-order valence-corrected chi connectivity index (χ0v) is 18.4. The van der Waals surface area contributed by atoms with Crippen LogP contribution in [0.15, 0.2) is 28.7 Å². The first-order valence-electron chi connectivity index (χ1n) is 9.98. The van der Waals surface area contributed by atoms with Crippen LogP contribution in [0.1, 0.15) is 37.0 Å². The van der Waals surface area contributed by atoms with Gasteiger partial charge in [0.15, 0.2) is 6.61 Å². The summed E-state index contributed by atoms with van der Waals surface area (Å²) in [5, 5.41) is 0. The van der Waals surface area contributed by atoms with Crippen LogP contribution in [-0.4, -0.2) is 72.6 Å². The molecule has 2 atom stereocenters. The van der Waals surface area contributed by atoms with Gasteiger partial charge in [-0.3, -0.25) is 14.4 Å². The minimum Gasteiger partial charge on any atom is -0.455 e. The Morgan fingerprint density at radius 2 is 1.62 bits per heavy atom. The molecule has 3 rings (SSSR count). The summed E-state index contributed by atoms with van der Waals surface area (Å²) < 4.78 is 11.8. The number of likely N-dealkylation sites (tertiary alicyclic amines) is 1. The van der Waals surface area contributed by atoms with E-state index >= 15 is 0 Å². The van der Waals surface area contributed by atoms with Gasteiger partial charge in [0, 0.05) is 36.2 Å². The normalized spacial score (nSPS) is 23.0. The molecule has 1 aromatic carbocycles. The van der Waals surface area contributed by atoms with Crippen LogP contribution in [-0.2, 0) is 19.1 Å². The summed E-state index contributed by atoms with van der Waals surface area (Å²) in [5.74, 6) is -0.860. The Hall–Kier alpha value is -1.93. The van der Waals surface area contributed by atoms with Crippen LogP contribution in [0.25, 0.3) is 0 Å². The van der Waals surface area contributed by atoms with E-state index < -0.39 is 0 Å². The molecule has 7 nitrogen and oxygen atoms in total. The van der Waals surface area contributed by atoms with Crippen LogP contribution in [0.5, 0.6) is 0 Å². The average Bonchev–Trinajstić information content (AvgIpc) is 2.71. The number of carbonyl (C=O) groups excluding carboxylic acids is 3. The Labute approximate surface area is 179 Å². The quantitative estimate of drug-likeness (QED) is 0.637. The number of carbonyl (C=O) groups is 3. The molecule has 2 aliphatic rings. The second-order valence-electron chi connectivity index (χ2n) is 7.74. The topological polar surface area (TPSA) is 76.2 Å². The number of rotatable bonds is 4. The number of hydrogen-bond donors (Lipinski definition) is 0. The number of piperidine rings is 1. The highest BCUT2D eigenvalue weighted by molar-refractivity contribution is 9.10. The monoisotopic (exact) mass is 466 g/mol. The lowest BCUT2D eigenvalue weighted by atomic mass is 9.96. The lowest BCUT2D eigenvalue weighted by Crippen LogP contribution is -2.49. The van der Waals surface area contributed by atoms with Crippen molar-refractivity contribution in [1.82, 2.24) is 9.80 Å². The van der Waals surface area contributed by atoms with E-state index in [2.05, 4.69) is 15.9 Å². The lowest BCUT2D eigenvalue weighted by molar-refractivity contribution is -0.160. The molecule has 29 heavy (non-hydrogen) atoms. The molecule has 0 radical (unpaired) electrons. The first-order valence-corrected chi connectivity index (χ1v) is 10.8. The van der Waals surface area contributed by atoms with Crippen LogP contribution >= 0.6 is 15.9 Å². The fraction of sp³-hybridized carbons (Fsp3) is 0.571. The number of amides is 2. The van der Waals surface area contributed by atoms with Gasteiger partial charge in [-0.15, -0.1) is 0 Å². The molecular weight excluding hydrogens is 440 g/mol. The van der Waals surface area contributed by atoms with Gasteiger partial charge < -0.3 is 19.3 Å². The molecule has 0 unspecified atom stereocenters. The molecule has 2 amide bonds. The molecule has 0 aromatic heterocycles. The fourth-order valence-electron chi connectivity index (χ4n) is 3.82. The Kier molecular flexibility index (Phi) is 7.29. The van der Waals surface area contributed by atoms with Crippen LogP contribution < -0.4 is 0 Å². The minimum absolute atomic E-state index is 0.0222. The molecule has 2 saturated heterocycles. The third-order valence-electron chi connectivity index (χ3n) is 5.32. The van der Waals surface area contributed by atoms with E-state index in [-0.39, 0.29) is 42.5 Å². The van der Waals surface area contributed by atoms with Gasteiger partial charge >= 0.3 is 5.97 Å². The first-order chi connectivity index (χ1) is 13.8. The van der Waals surface area contributed by atoms with E-state index in [0.29, 0.717) is 44.6 Å². The number of hydrogen-bond acceptors (Lipinski definition) is 5. The van der Waals surface area contributed by atoms with Crippen molar-refractivity contribution in [2.24, 2.45) is 5.92 Å². The van der Waals surface area contributed by atoms with Gasteiger partial charge in [0.2, 0.25) is 0 Å². The Bertz CT molecular complexity index is 736. The van der Waals surface area contributed by atoms with E-state index in [9.17, 15) is 14.4 Å². The summed E-state index contributed by atoms with van der Waals surface area (Å²) in [6.45, 7) is 5.63. The Morgan fingerprint density at radius 1 is 1.03 bits per heavy atom. The highest BCUT2D eigenvalue weighted by Crippen LogP contribution is 2.21. The number of nitrogens with zero attached hydrogens (tertiary/aromatic N) is 2. The molecule has 0 saturated carbocycles. The second-order valence-corrected chi connectivity index (χ2v) is 8.65. The molecule has 0 N–H and O–H groups in total. The SMILES string of the molecule is C[C@@H]1CN(C(=O)COC(=O)C2CCN(C(=O)c3ccc(Br)cc3)CC2)C[C@H](C)O1. The van der Waals surface area contributed by atoms with Gasteiger partial charge in [-0.1, -0.05) is 15.9 Å². The number of morpholine rings is 1. The van der Waals surface area contributed by atoms with Gasteiger partial charge in [0.25, 0.3) is 11.8 Å². The lowest BCUT2D eigenvalue weighted by Gasteiger charge is -2.35. The molecule has 1 aromatic rings. The number of ether oxygens (including phenoxy) is 2. The molecule has 8 heteroatoms. The van der Waals surface area contributed by atoms with Crippen molar-refractivity contribution in [2.75, 3.05) is 32.8 Å². The second kappa shape index (κ2) is 9.71. The van der Waals surface area contributed by atoms with Gasteiger partial charge in [-0.05, 0) is 51.0 Å². The smallest absolute Gasteiger partial charge is 0.309 e. The van der Waals surface area contributed by atoms with E-state index in [4.69, 9.17) is 9.47 Å². The zero-order chi connectivity index (χ0) is 21.0. The van der Waals surface area contributed by atoms with Gasteiger partial charge in [-0.2, -0.15) is 0 Å². The largest absolute Gasteiger partial charge is 0.455 e. The molecule has 2 heterocycles. The van der Waals surface area contributed by atoms with Crippen molar-refractivity contribution in [3.8, 4) is 0 Å². The van der Waals surface area contributed by atoms with E-state index in [1.54, 1.807) is 21.9 Å². The molecule has 2 aliphatic heterocycles. The third kappa shape index (κ3) is 5.79. The highest BCUT2D eigenvalue weighted by atomic mass is 79.9. The molecule has 0 spiro atoms. The van der Waals surface area contributed by atoms with E-state index in [1.807, 2.05) is 26.0 Å². The van der Waals surface area contributed by atoms with Crippen LogP contribution in [0.4, 0.5) is 0 Å². The van der Waals surface area contributed by atoms with Crippen molar-refractivity contribution in [1.29, 1.82) is 0 Å². The average molecular weight is 467 g/mol. The molecule has 158 valence electrons. The Morgan fingerprint density at radius 3 is 2.21 bits per heavy atom. The third-order valence-corrected chi connectivity index (χ3v) is 5.85. The summed E-state index contributed by atoms with van der Waals surface area (Å²) in [6.07, 6.45) is 1.04. The van der Waals surface area contributed by atoms with Gasteiger partial charge in [-0.25, -0.2) is 0 Å². The predicted molar refractivity (Wildman–Crippen MR) is 110 cm³/mol. The summed E-state index contributed by atoms with van der Waals surface area (Å²) in [6, 6.07) is 7.24. The summed E-state index contributed by atoms with van der Waals surface area (Å²) in [5.41, 5.74) is 0.633. The first kappa shape index (κ1) is 21.8. The minimum atomic E-state index is -0.358. The number of esters is 1. The van der Waals surface area contributed by atoms with Gasteiger partial charge in [0.1, 0.15) is 0 Å². The maximum absolute atomic E-state index is 12.6. The molecular formula is C21H27BrN2O5. The fourth-order valence-corrected chi connectivity index (χ4v) is 4.08. The van der Waals surface area contributed by atoms with Crippen LogP contribution in [0, 0.1) is 5.92 Å². The highest BCUT2D eigenvalue weighted by Gasteiger charge is 2.30. The molecule has 0 aliphatic carbocycles. The van der Waals surface area contributed by atoms with Crippen LogP contribution in [0.3, 0.4) is 0 Å². The van der Waals surface area contributed by atoms with Crippen molar-refractivity contribution in [3.05, 3.63) is 34.3 Å². The summed E-state index contributed by atoms with van der Waals surface area (Å²) >= 11 is 3.36. The van der Waals surface area contributed by atoms with Crippen molar-refractivity contribution >= 4 is 33.7 Å². The number of benzene rings is 1. The van der Waals surface area contributed by atoms with E-state index in [1.165, 1.54) is 0 Å². The molecule has 2 fully saturated rings.